The predicted molar refractivity (Wildman–Crippen MR) is 428 cm³/mol. The van der Waals surface area contributed by atoms with Crippen LogP contribution in [0.3, 0.4) is 0 Å². The van der Waals surface area contributed by atoms with Crippen molar-refractivity contribution in [3.05, 3.63) is 0 Å². The van der Waals surface area contributed by atoms with Gasteiger partial charge in [0.25, 0.3) is 0 Å². The monoisotopic (exact) mass is 1520 g/mol. The zero-order chi connectivity index (χ0) is 76.2. The molecule has 0 aromatic heterocycles. The molecule has 0 saturated carbocycles. The first-order chi connectivity index (χ1) is 50.6. The molecule has 0 amide bonds. The van der Waals surface area contributed by atoms with E-state index >= 15 is 0 Å². The maximum Gasteiger partial charge on any atom is 0.472 e. The number of aliphatic hydroxyl groups is 1. The van der Waals surface area contributed by atoms with E-state index in [9.17, 15) is 43.2 Å². The molecule has 0 heterocycles. The minimum Gasteiger partial charge on any atom is -0.462 e. The molecular weight excluding hydrogens is 1350 g/mol. The molecule has 0 aliphatic heterocycles. The highest BCUT2D eigenvalue weighted by Crippen LogP contribution is 2.45. The van der Waals surface area contributed by atoms with Crippen LogP contribution in [0.15, 0.2) is 0 Å². The van der Waals surface area contributed by atoms with Gasteiger partial charge in [0.2, 0.25) is 0 Å². The second-order valence-electron chi connectivity index (χ2n) is 30.8. The second kappa shape index (κ2) is 77.8. The highest BCUT2D eigenvalue weighted by molar-refractivity contribution is 7.47. The van der Waals surface area contributed by atoms with Crippen molar-refractivity contribution in [2.75, 3.05) is 39.6 Å². The lowest BCUT2D eigenvalue weighted by Crippen LogP contribution is -2.30. The van der Waals surface area contributed by atoms with Crippen LogP contribution in [0.25, 0.3) is 0 Å². The normalized spacial score (nSPS) is 14.0. The van der Waals surface area contributed by atoms with E-state index in [1.807, 2.05) is 0 Å². The second-order valence-corrected chi connectivity index (χ2v) is 33.7. The minimum absolute atomic E-state index is 0.109. The van der Waals surface area contributed by atoms with E-state index < -0.39 is 97.5 Å². The van der Waals surface area contributed by atoms with Crippen LogP contribution in [-0.2, 0) is 65.4 Å². The van der Waals surface area contributed by atoms with Crippen LogP contribution in [0.4, 0.5) is 0 Å². The van der Waals surface area contributed by atoms with E-state index in [1.165, 1.54) is 283 Å². The van der Waals surface area contributed by atoms with Crippen molar-refractivity contribution in [3.8, 4) is 0 Å². The molecule has 3 N–H and O–H groups in total. The number of ether oxygens (including phenoxy) is 4. The lowest BCUT2D eigenvalue weighted by Gasteiger charge is -2.21. The number of carbonyl (C=O) groups is 4. The summed E-state index contributed by atoms with van der Waals surface area (Å²) in [7, 11) is -9.92. The van der Waals surface area contributed by atoms with E-state index in [0.29, 0.717) is 25.7 Å². The Labute approximate surface area is 638 Å². The summed E-state index contributed by atoms with van der Waals surface area (Å²) in [6.07, 6.45) is 70.6. The number of esters is 4. The first kappa shape index (κ1) is 102. The lowest BCUT2D eigenvalue weighted by molar-refractivity contribution is -0.161. The van der Waals surface area contributed by atoms with Crippen LogP contribution in [-0.4, -0.2) is 96.7 Å². The molecule has 6 atom stereocenters. The first-order valence-corrected chi connectivity index (χ1v) is 47.2. The van der Waals surface area contributed by atoms with Gasteiger partial charge in [-0.25, -0.2) is 9.13 Å². The quantitative estimate of drug-likeness (QED) is 0.0222. The Morgan fingerprint density at radius 3 is 0.683 bits per heavy atom. The maximum atomic E-state index is 13.1. The molecule has 0 radical (unpaired) electrons. The van der Waals surface area contributed by atoms with Crippen molar-refractivity contribution in [3.63, 3.8) is 0 Å². The standard InChI is InChI=1S/C85H166O17P2/c1-6-10-13-16-19-22-25-28-30-36-40-44-49-54-59-64-69-83(88)96-75-81(102-85(90)71-66-61-56-51-46-41-37-34-32-31-33-35-38-42-47-52-57-62-67-78(5)9-4)77-100-104(93,94)98-73-79(86)72-97-103(91,92)99-76-80(74-95-82(87)68-63-58-53-48-43-27-24-21-18-15-12-8-3)101-84(89)70-65-60-55-50-45-39-29-26-23-20-17-14-11-7-2/h78-81,86H,6-77H2,1-5H3,(H,91,92)(H,93,94)/t78?,79-,80+,81+/m0/s1. The smallest absolute Gasteiger partial charge is 0.462 e. The van der Waals surface area contributed by atoms with Crippen molar-refractivity contribution >= 4 is 39.5 Å². The van der Waals surface area contributed by atoms with Gasteiger partial charge < -0.3 is 33.8 Å². The summed E-state index contributed by atoms with van der Waals surface area (Å²) in [4.78, 5) is 73.2. The van der Waals surface area contributed by atoms with Gasteiger partial charge in [0, 0.05) is 25.7 Å². The fourth-order valence-electron chi connectivity index (χ4n) is 13.3. The van der Waals surface area contributed by atoms with Crippen LogP contribution >= 0.6 is 15.6 Å². The molecule has 17 nitrogen and oxygen atoms in total. The van der Waals surface area contributed by atoms with Gasteiger partial charge in [0.05, 0.1) is 26.4 Å². The van der Waals surface area contributed by atoms with Gasteiger partial charge in [0.1, 0.15) is 19.3 Å². The Morgan fingerprint density at radius 2 is 0.462 bits per heavy atom. The lowest BCUT2D eigenvalue weighted by atomic mass is 9.99. The van der Waals surface area contributed by atoms with Crippen molar-refractivity contribution in [1.29, 1.82) is 0 Å². The Balaban J connectivity index is 5.23. The molecule has 0 aliphatic carbocycles. The molecule has 618 valence electrons. The number of phosphoric ester groups is 2. The van der Waals surface area contributed by atoms with Gasteiger partial charge in [-0.2, -0.15) is 0 Å². The molecule has 0 saturated heterocycles. The molecule has 3 unspecified atom stereocenters. The molecule has 0 aliphatic rings. The summed E-state index contributed by atoms with van der Waals surface area (Å²) in [6.45, 7) is 7.43. The third kappa shape index (κ3) is 76.8. The molecule has 0 aromatic rings. The summed E-state index contributed by atoms with van der Waals surface area (Å²) < 4.78 is 68.9. The predicted octanol–water partition coefficient (Wildman–Crippen LogP) is 26.0. The van der Waals surface area contributed by atoms with Gasteiger partial charge in [-0.3, -0.25) is 37.3 Å². The SMILES string of the molecule is CCCCCCCCCCCCCCCCCCC(=O)OC[C@H](COP(=O)(O)OC[C@@H](O)COP(=O)(O)OC[C@@H](COC(=O)CCCCCCCCCCCCCC)OC(=O)CCCCCCCCCCCCCCCC)OC(=O)CCCCCCCCCCCCCCCCCCCCC(C)CC. The summed E-state index contributed by atoms with van der Waals surface area (Å²) >= 11 is 0. The fraction of sp³-hybridized carbons (Fsp3) is 0.953. The van der Waals surface area contributed by atoms with E-state index in [4.69, 9.17) is 37.0 Å². The first-order valence-electron chi connectivity index (χ1n) is 44.2. The summed E-state index contributed by atoms with van der Waals surface area (Å²) in [5, 5.41) is 10.7. The zero-order valence-electron chi connectivity index (χ0n) is 68.2. The number of rotatable bonds is 85. The highest BCUT2D eigenvalue weighted by atomic mass is 31.2. The molecule has 0 rings (SSSR count). The van der Waals surface area contributed by atoms with Crippen molar-refractivity contribution in [2.24, 2.45) is 5.92 Å². The van der Waals surface area contributed by atoms with Crippen LogP contribution in [0.2, 0.25) is 0 Å². The molecule has 0 spiro atoms. The summed E-state index contributed by atoms with van der Waals surface area (Å²) in [5.74, 6) is -1.23. The number of aliphatic hydroxyl groups excluding tert-OH is 1. The Kier molecular flexibility index (Phi) is 76.3. The maximum absolute atomic E-state index is 13.1. The molecule has 0 bridgehead atoms. The summed E-state index contributed by atoms with van der Waals surface area (Å²) in [6, 6.07) is 0. The molecule has 0 aromatic carbocycles. The van der Waals surface area contributed by atoms with Gasteiger partial charge in [-0.15, -0.1) is 0 Å². The van der Waals surface area contributed by atoms with E-state index in [1.54, 1.807) is 0 Å². The van der Waals surface area contributed by atoms with Crippen molar-refractivity contribution < 1.29 is 80.2 Å². The Morgan fingerprint density at radius 1 is 0.269 bits per heavy atom. The van der Waals surface area contributed by atoms with E-state index in [2.05, 4.69) is 34.6 Å². The number of hydrogen-bond acceptors (Lipinski definition) is 15. The average molecular weight is 1520 g/mol. The molecular formula is C85H166O17P2. The van der Waals surface area contributed by atoms with Gasteiger partial charge >= 0.3 is 39.5 Å². The number of carbonyl (C=O) groups excluding carboxylic acids is 4. The molecule has 104 heavy (non-hydrogen) atoms. The highest BCUT2D eigenvalue weighted by Gasteiger charge is 2.30. The van der Waals surface area contributed by atoms with E-state index in [-0.39, 0.29) is 25.7 Å². The van der Waals surface area contributed by atoms with Gasteiger partial charge in [-0.1, -0.05) is 407 Å². The minimum atomic E-state index is -4.96. The Hall–Kier alpha value is -1.94. The number of hydrogen-bond donors (Lipinski definition) is 3. The van der Waals surface area contributed by atoms with Crippen LogP contribution in [0.1, 0.15) is 458 Å². The third-order valence-electron chi connectivity index (χ3n) is 20.4. The Bertz CT molecular complexity index is 1980. The zero-order valence-corrected chi connectivity index (χ0v) is 70.0. The van der Waals surface area contributed by atoms with Crippen molar-refractivity contribution in [1.82, 2.24) is 0 Å². The van der Waals surface area contributed by atoms with Crippen LogP contribution in [0, 0.1) is 5.92 Å². The molecule has 19 heteroatoms. The van der Waals surface area contributed by atoms with Crippen LogP contribution < -0.4 is 0 Å². The fourth-order valence-corrected chi connectivity index (χ4v) is 14.8. The third-order valence-corrected chi connectivity index (χ3v) is 22.3. The topological polar surface area (TPSA) is 237 Å². The molecule has 0 fully saturated rings. The van der Waals surface area contributed by atoms with Crippen molar-refractivity contribution in [2.45, 2.75) is 477 Å². The van der Waals surface area contributed by atoms with E-state index in [0.717, 1.165) is 95.8 Å². The number of unbranched alkanes of at least 4 members (excludes halogenated alkanes) is 56. The van der Waals surface area contributed by atoms with Gasteiger partial charge in [0.15, 0.2) is 12.2 Å². The largest absolute Gasteiger partial charge is 0.472 e. The van der Waals surface area contributed by atoms with Crippen LogP contribution in [0.5, 0.6) is 0 Å². The van der Waals surface area contributed by atoms with Gasteiger partial charge in [-0.05, 0) is 31.6 Å². The summed E-state index contributed by atoms with van der Waals surface area (Å²) in [5.41, 5.74) is 0. The average Bonchev–Trinajstić information content (AvgIpc) is 0.907. The number of phosphoric acid groups is 2.